The maximum atomic E-state index is 13.3. The highest BCUT2D eigenvalue weighted by atomic mass is 35.5. The average molecular weight is 326 g/mol. The lowest BCUT2D eigenvalue weighted by molar-refractivity contribution is -0.384. The van der Waals surface area contributed by atoms with E-state index in [1.54, 1.807) is 0 Å². The third-order valence-electron chi connectivity index (χ3n) is 2.27. The van der Waals surface area contributed by atoms with E-state index in [4.69, 9.17) is 11.6 Å². The summed E-state index contributed by atoms with van der Waals surface area (Å²) in [7, 11) is -3.27. The second-order valence-corrected chi connectivity index (χ2v) is 6.23. The van der Waals surface area contributed by atoms with Gasteiger partial charge in [0.15, 0.2) is 0 Å². The van der Waals surface area contributed by atoms with Crippen molar-refractivity contribution in [2.45, 2.75) is 6.42 Å². The number of anilines is 1. The van der Waals surface area contributed by atoms with Crippen molar-refractivity contribution in [3.63, 3.8) is 0 Å². The van der Waals surface area contributed by atoms with E-state index in [0.717, 1.165) is 18.4 Å². The second-order valence-electron chi connectivity index (χ2n) is 3.99. The SMILES string of the molecule is CS(=O)(=O)NCCCNc1cc(F)c(Cl)cc1[N+](=O)[O-]. The molecular weight excluding hydrogens is 313 g/mol. The smallest absolute Gasteiger partial charge is 0.294 e. The fourth-order valence-corrected chi connectivity index (χ4v) is 2.07. The van der Waals surface area contributed by atoms with Crippen LogP contribution in [0.3, 0.4) is 0 Å². The highest BCUT2D eigenvalue weighted by Crippen LogP contribution is 2.30. The number of nitro groups is 1. The van der Waals surface area contributed by atoms with Crippen molar-refractivity contribution < 1.29 is 17.7 Å². The number of halogens is 2. The summed E-state index contributed by atoms with van der Waals surface area (Å²) in [5.74, 6) is -0.769. The number of nitro benzene ring substituents is 1. The van der Waals surface area contributed by atoms with Crippen LogP contribution in [-0.4, -0.2) is 32.7 Å². The lowest BCUT2D eigenvalue weighted by Crippen LogP contribution is -2.24. The molecule has 0 heterocycles. The molecule has 0 aliphatic rings. The first-order valence-corrected chi connectivity index (χ1v) is 7.79. The van der Waals surface area contributed by atoms with Crippen LogP contribution in [-0.2, 0) is 10.0 Å². The van der Waals surface area contributed by atoms with Crippen molar-refractivity contribution in [3.05, 3.63) is 33.1 Å². The van der Waals surface area contributed by atoms with Gasteiger partial charge in [0, 0.05) is 25.2 Å². The standard InChI is InChI=1S/C10H13ClFN3O4S/c1-20(18,19)14-4-2-3-13-9-6-8(12)7(11)5-10(9)15(16)17/h5-6,13-14H,2-4H2,1H3. The molecule has 20 heavy (non-hydrogen) atoms. The Bertz CT molecular complexity index is 609. The highest BCUT2D eigenvalue weighted by Gasteiger charge is 2.17. The van der Waals surface area contributed by atoms with E-state index in [0.29, 0.717) is 6.42 Å². The van der Waals surface area contributed by atoms with Gasteiger partial charge in [-0.05, 0) is 6.42 Å². The van der Waals surface area contributed by atoms with Crippen LogP contribution in [0.5, 0.6) is 0 Å². The van der Waals surface area contributed by atoms with Gasteiger partial charge < -0.3 is 5.32 Å². The number of sulfonamides is 1. The maximum absolute atomic E-state index is 13.3. The molecule has 1 aromatic carbocycles. The first-order chi connectivity index (χ1) is 9.20. The van der Waals surface area contributed by atoms with Crippen molar-refractivity contribution >= 4 is 33.0 Å². The number of hydrogen-bond donors (Lipinski definition) is 2. The lowest BCUT2D eigenvalue weighted by Gasteiger charge is -2.08. The van der Waals surface area contributed by atoms with Crippen molar-refractivity contribution in [2.24, 2.45) is 0 Å². The Morgan fingerprint density at radius 1 is 1.40 bits per heavy atom. The minimum Gasteiger partial charge on any atom is -0.379 e. The van der Waals surface area contributed by atoms with Gasteiger partial charge in [-0.15, -0.1) is 0 Å². The van der Waals surface area contributed by atoms with Crippen LogP contribution in [0.4, 0.5) is 15.8 Å². The summed E-state index contributed by atoms with van der Waals surface area (Å²) in [5.41, 5.74) is -0.344. The van der Waals surface area contributed by atoms with Crippen molar-refractivity contribution in [1.82, 2.24) is 4.72 Å². The summed E-state index contributed by atoms with van der Waals surface area (Å²) >= 11 is 5.48. The van der Waals surface area contributed by atoms with Crippen LogP contribution in [0.25, 0.3) is 0 Å². The van der Waals surface area contributed by atoms with Gasteiger partial charge in [-0.25, -0.2) is 17.5 Å². The molecule has 0 aromatic heterocycles. The zero-order chi connectivity index (χ0) is 15.3. The molecule has 0 atom stereocenters. The number of nitrogens with one attached hydrogen (secondary N) is 2. The quantitative estimate of drug-likeness (QED) is 0.451. The molecular formula is C10H13ClFN3O4S. The van der Waals surface area contributed by atoms with Gasteiger partial charge >= 0.3 is 0 Å². The summed E-state index contributed by atoms with van der Waals surface area (Å²) in [6.07, 6.45) is 1.41. The van der Waals surface area contributed by atoms with E-state index in [-0.39, 0.29) is 29.5 Å². The Morgan fingerprint density at radius 3 is 2.60 bits per heavy atom. The number of benzene rings is 1. The molecule has 1 aromatic rings. The Balaban J connectivity index is 2.64. The molecule has 0 unspecified atom stereocenters. The summed E-state index contributed by atoms with van der Waals surface area (Å²) in [4.78, 5) is 10.1. The first kappa shape index (κ1) is 16.6. The molecule has 0 saturated heterocycles. The Labute approximate surface area is 120 Å². The van der Waals surface area contributed by atoms with Gasteiger partial charge in [0.05, 0.1) is 16.2 Å². The molecule has 112 valence electrons. The van der Waals surface area contributed by atoms with Crippen LogP contribution < -0.4 is 10.0 Å². The Hall–Kier alpha value is -1.45. The lowest BCUT2D eigenvalue weighted by atomic mass is 10.2. The molecule has 0 fully saturated rings. The topological polar surface area (TPSA) is 101 Å². The van der Waals surface area contributed by atoms with Gasteiger partial charge in [0.2, 0.25) is 10.0 Å². The molecule has 0 saturated carbocycles. The molecule has 1 rings (SSSR count). The molecule has 0 bridgehead atoms. The summed E-state index contributed by atoms with van der Waals surface area (Å²) in [6.45, 7) is 0.417. The predicted octanol–water partition coefficient (Wildman–Crippen LogP) is 1.74. The molecule has 0 aliphatic carbocycles. The predicted molar refractivity (Wildman–Crippen MR) is 74.0 cm³/mol. The van der Waals surface area contributed by atoms with Crippen LogP contribution in [0.15, 0.2) is 12.1 Å². The van der Waals surface area contributed by atoms with E-state index in [2.05, 4.69) is 10.0 Å². The molecule has 0 spiro atoms. The molecule has 0 amide bonds. The third-order valence-corrected chi connectivity index (χ3v) is 3.29. The largest absolute Gasteiger partial charge is 0.379 e. The summed E-state index contributed by atoms with van der Waals surface area (Å²) in [5, 5.41) is 13.1. The van der Waals surface area contributed by atoms with Crippen LogP contribution in [0, 0.1) is 15.9 Å². The number of rotatable bonds is 7. The third kappa shape index (κ3) is 5.27. The Morgan fingerprint density at radius 2 is 2.05 bits per heavy atom. The fraction of sp³-hybridized carbons (Fsp3) is 0.400. The van der Waals surface area contributed by atoms with E-state index >= 15 is 0 Å². The molecule has 0 aliphatic heterocycles. The number of hydrogen-bond acceptors (Lipinski definition) is 5. The van der Waals surface area contributed by atoms with Crippen molar-refractivity contribution in [3.8, 4) is 0 Å². The highest BCUT2D eigenvalue weighted by molar-refractivity contribution is 7.88. The minimum absolute atomic E-state index is 0.00347. The van der Waals surface area contributed by atoms with E-state index < -0.39 is 20.8 Å². The summed E-state index contributed by atoms with van der Waals surface area (Å²) in [6, 6.07) is 1.86. The minimum atomic E-state index is -3.27. The maximum Gasteiger partial charge on any atom is 0.294 e. The molecule has 0 radical (unpaired) electrons. The van der Waals surface area contributed by atoms with Gasteiger partial charge in [-0.2, -0.15) is 0 Å². The second kappa shape index (κ2) is 6.82. The average Bonchev–Trinajstić information content (AvgIpc) is 2.31. The molecule has 10 heteroatoms. The van der Waals surface area contributed by atoms with Gasteiger partial charge in [0.25, 0.3) is 5.69 Å². The van der Waals surface area contributed by atoms with Crippen molar-refractivity contribution in [1.29, 1.82) is 0 Å². The van der Waals surface area contributed by atoms with Gasteiger partial charge in [-0.1, -0.05) is 11.6 Å². The number of nitrogens with zero attached hydrogens (tertiary/aromatic N) is 1. The van der Waals surface area contributed by atoms with Crippen LogP contribution >= 0.6 is 11.6 Å². The summed E-state index contributed by atoms with van der Waals surface area (Å²) < 4.78 is 37.1. The normalized spacial score (nSPS) is 11.3. The fourth-order valence-electron chi connectivity index (χ4n) is 1.40. The zero-order valence-corrected chi connectivity index (χ0v) is 12.1. The molecule has 7 nitrogen and oxygen atoms in total. The van der Waals surface area contributed by atoms with Crippen molar-refractivity contribution in [2.75, 3.05) is 24.7 Å². The van der Waals surface area contributed by atoms with Crippen LogP contribution in [0.2, 0.25) is 5.02 Å². The van der Waals surface area contributed by atoms with Crippen LogP contribution in [0.1, 0.15) is 6.42 Å². The molecule has 2 N–H and O–H groups in total. The van der Waals surface area contributed by atoms with Gasteiger partial charge in [-0.3, -0.25) is 10.1 Å². The zero-order valence-electron chi connectivity index (χ0n) is 10.5. The van der Waals surface area contributed by atoms with E-state index in [1.165, 1.54) is 0 Å². The van der Waals surface area contributed by atoms with E-state index in [1.807, 2.05) is 0 Å². The van der Waals surface area contributed by atoms with Gasteiger partial charge in [0.1, 0.15) is 11.5 Å². The Kier molecular flexibility index (Phi) is 5.66. The first-order valence-electron chi connectivity index (χ1n) is 5.52. The monoisotopic (exact) mass is 325 g/mol. The van der Waals surface area contributed by atoms with E-state index in [9.17, 15) is 22.9 Å².